The average molecular weight is 549 g/mol. The number of likely N-dealkylation sites (tertiary alicyclic amines) is 1. The summed E-state index contributed by atoms with van der Waals surface area (Å²) in [6.45, 7) is 14.5. The van der Waals surface area contributed by atoms with Crippen molar-refractivity contribution in [3.63, 3.8) is 0 Å². The second-order valence-electron chi connectivity index (χ2n) is 12.9. The van der Waals surface area contributed by atoms with E-state index in [1.54, 1.807) is 0 Å². The summed E-state index contributed by atoms with van der Waals surface area (Å²) in [6, 6.07) is 4.65. The molecule has 2 aromatic rings. The lowest BCUT2D eigenvalue weighted by Gasteiger charge is -2.22. The molecule has 1 aliphatic carbocycles. The van der Waals surface area contributed by atoms with Crippen LogP contribution in [-0.4, -0.2) is 58.0 Å². The molecule has 2 atom stereocenters. The summed E-state index contributed by atoms with van der Waals surface area (Å²) >= 11 is 0. The Bertz CT molecular complexity index is 1070. The quantitative estimate of drug-likeness (QED) is 0.517. The SMILES string of the molecule is CC(C)(C)c1cc(CC(=O)[C@@H]2CCCN2)no1.CC(C)(C)c1cc(CC(=O)[C@@H]2CCCN2C2CC2)no1.Cl. The summed E-state index contributed by atoms with van der Waals surface area (Å²) in [5, 5.41) is 11.2. The lowest BCUT2D eigenvalue weighted by Crippen LogP contribution is -2.38. The minimum absolute atomic E-state index is 0. The lowest BCUT2D eigenvalue weighted by atomic mass is 9.93. The molecule has 8 nitrogen and oxygen atoms in total. The van der Waals surface area contributed by atoms with Crippen molar-refractivity contribution in [3.8, 4) is 0 Å². The molecule has 38 heavy (non-hydrogen) atoms. The van der Waals surface area contributed by atoms with Gasteiger partial charge in [-0.3, -0.25) is 14.5 Å². The molecule has 0 unspecified atom stereocenters. The molecule has 4 heterocycles. The van der Waals surface area contributed by atoms with Gasteiger partial charge in [0.05, 0.1) is 36.3 Å². The van der Waals surface area contributed by atoms with Gasteiger partial charge in [-0.2, -0.15) is 0 Å². The van der Waals surface area contributed by atoms with Crippen LogP contribution in [-0.2, 0) is 33.3 Å². The highest BCUT2D eigenvalue weighted by molar-refractivity contribution is 5.86. The number of nitrogens with zero attached hydrogens (tertiary/aromatic N) is 3. The summed E-state index contributed by atoms with van der Waals surface area (Å²) in [5.41, 5.74) is 1.41. The fraction of sp³-hybridized carbons (Fsp3) is 0.724. The van der Waals surface area contributed by atoms with Crippen LogP contribution in [0, 0.1) is 0 Å². The Morgan fingerprint density at radius 2 is 1.42 bits per heavy atom. The summed E-state index contributed by atoms with van der Waals surface area (Å²) in [7, 11) is 0. The van der Waals surface area contributed by atoms with E-state index in [1.807, 2.05) is 12.1 Å². The van der Waals surface area contributed by atoms with Crippen LogP contribution in [0.2, 0.25) is 0 Å². The summed E-state index contributed by atoms with van der Waals surface area (Å²) < 4.78 is 10.6. The van der Waals surface area contributed by atoms with Crippen LogP contribution in [0.1, 0.15) is 103 Å². The van der Waals surface area contributed by atoms with E-state index in [1.165, 1.54) is 12.8 Å². The standard InChI is InChI=1S/C16H24N2O2.C13H20N2O2.ClH/c1-16(2,3)15-10-11(17-20-15)9-14(19)13-5-4-8-18(13)12-6-7-12;1-13(2,3)12-8-9(15-17-12)7-11(16)10-5-4-6-14-10;/h10,12-13H,4-9H2,1-3H3;8,10,14H,4-7H2,1-3H3;1H/t13-;10-;/m00./s1. The monoisotopic (exact) mass is 548 g/mol. The molecule has 0 spiro atoms. The number of Topliss-reactive ketones (excluding diaryl/α,β-unsaturated/α-hetero) is 2. The van der Waals surface area contributed by atoms with Gasteiger partial charge in [0.25, 0.3) is 0 Å². The number of hydrogen-bond donors (Lipinski definition) is 1. The molecule has 212 valence electrons. The Labute approximate surface area is 233 Å². The molecule has 1 N–H and O–H groups in total. The van der Waals surface area contributed by atoms with E-state index < -0.39 is 0 Å². The molecule has 0 radical (unpaired) electrons. The van der Waals surface area contributed by atoms with E-state index in [4.69, 9.17) is 9.05 Å². The van der Waals surface area contributed by atoms with Crippen LogP contribution >= 0.6 is 12.4 Å². The highest BCUT2D eigenvalue weighted by Crippen LogP contribution is 2.34. The van der Waals surface area contributed by atoms with Crippen LogP contribution in [0.15, 0.2) is 21.2 Å². The number of carbonyl (C=O) groups excluding carboxylic acids is 2. The van der Waals surface area contributed by atoms with Crippen LogP contribution in [0.25, 0.3) is 0 Å². The van der Waals surface area contributed by atoms with Crippen molar-refractivity contribution < 1.29 is 18.6 Å². The number of halogens is 1. The molecule has 2 saturated heterocycles. The maximum Gasteiger partial charge on any atom is 0.156 e. The van der Waals surface area contributed by atoms with Crippen molar-refractivity contribution in [2.45, 2.75) is 122 Å². The number of carbonyl (C=O) groups is 2. The van der Waals surface area contributed by atoms with Crippen molar-refractivity contribution in [2.75, 3.05) is 13.1 Å². The zero-order valence-electron chi connectivity index (χ0n) is 23.8. The van der Waals surface area contributed by atoms with Gasteiger partial charge in [0.15, 0.2) is 11.6 Å². The molecule has 0 amide bonds. The highest BCUT2D eigenvalue weighted by atomic mass is 35.5. The molecule has 5 rings (SSSR count). The van der Waals surface area contributed by atoms with Crippen molar-refractivity contribution in [1.82, 2.24) is 20.5 Å². The average Bonchev–Trinajstić information content (AvgIpc) is 3.33. The zero-order chi connectivity index (χ0) is 26.8. The third kappa shape index (κ3) is 7.99. The smallest absolute Gasteiger partial charge is 0.156 e. The number of aromatic nitrogens is 2. The normalized spacial score (nSPS) is 22.1. The second kappa shape index (κ2) is 12.4. The summed E-state index contributed by atoms with van der Waals surface area (Å²) in [6.07, 6.45) is 7.51. The molecule has 0 aromatic carbocycles. The van der Waals surface area contributed by atoms with Gasteiger partial charge in [0, 0.05) is 29.0 Å². The molecule has 3 aliphatic rings. The summed E-state index contributed by atoms with van der Waals surface area (Å²) in [4.78, 5) is 26.8. The third-order valence-electron chi connectivity index (χ3n) is 7.44. The first-order chi connectivity index (χ1) is 17.4. The number of nitrogens with one attached hydrogen (secondary N) is 1. The second-order valence-corrected chi connectivity index (χ2v) is 12.9. The van der Waals surface area contributed by atoms with Crippen molar-refractivity contribution in [2.24, 2.45) is 0 Å². The number of rotatable bonds is 7. The minimum atomic E-state index is -0.0556. The van der Waals surface area contributed by atoms with E-state index in [0.29, 0.717) is 24.7 Å². The molecule has 9 heteroatoms. The fourth-order valence-corrected chi connectivity index (χ4v) is 5.03. The van der Waals surface area contributed by atoms with Gasteiger partial charge < -0.3 is 14.4 Å². The van der Waals surface area contributed by atoms with Crippen LogP contribution in [0.4, 0.5) is 0 Å². The number of hydrogen-bond acceptors (Lipinski definition) is 8. The summed E-state index contributed by atoms with van der Waals surface area (Å²) in [5.74, 6) is 2.21. The molecular formula is C29H45ClN4O4. The van der Waals surface area contributed by atoms with Gasteiger partial charge in [-0.25, -0.2) is 0 Å². The Balaban J connectivity index is 0.000000208. The minimum Gasteiger partial charge on any atom is -0.361 e. The third-order valence-corrected chi connectivity index (χ3v) is 7.44. The zero-order valence-corrected chi connectivity index (χ0v) is 24.7. The van der Waals surface area contributed by atoms with Crippen molar-refractivity contribution >= 4 is 24.0 Å². The molecule has 2 aliphatic heterocycles. The fourth-order valence-electron chi connectivity index (χ4n) is 5.03. The largest absolute Gasteiger partial charge is 0.361 e. The Morgan fingerprint density at radius 3 is 1.87 bits per heavy atom. The molecule has 3 fully saturated rings. The van der Waals surface area contributed by atoms with Crippen molar-refractivity contribution in [1.29, 1.82) is 0 Å². The molecule has 0 bridgehead atoms. The van der Waals surface area contributed by atoms with Gasteiger partial charge in [0.1, 0.15) is 11.5 Å². The van der Waals surface area contributed by atoms with Gasteiger partial charge in [-0.15, -0.1) is 12.4 Å². The Morgan fingerprint density at radius 1 is 0.868 bits per heavy atom. The van der Waals surface area contributed by atoms with Crippen LogP contribution in [0.5, 0.6) is 0 Å². The predicted octanol–water partition coefficient (Wildman–Crippen LogP) is 4.97. The first-order valence-electron chi connectivity index (χ1n) is 13.9. The molecule has 1 saturated carbocycles. The van der Waals surface area contributed by atoms with Crippen LogP contribution < -0.4 is 5.32 Å². The predicted molar refractivity (Wildman–Crippen MR) is 149 cm³/mol. The van der Waals surface area contributed by atoms with E-state index in [2.05, 4.69) is 62.1 Å². The highest BCUT2D eigenvalue weighted by Gasteiger charge is 2.40. The number of ketones is 2. The van der Waals surface area contributed by atoms with E-state index in [-0.39, 0.29) is 41.1 Å². The van der Waals surface area contributed by atoms with Gasteiger partial charge >= 0.3 is 0 Å². The van der Waals surface area contributed by atoms with Crippen LogP contribution in [0.3, 0.4) is 0 Å². The van der Waals surface area contributed by atoms with Gasteiger partial charge in [-0.1, -0.05) is 51.9 Å². The maximum absolute atomic E-state index is 12.5. The maximum atomic E-state index is 12.5. The van der Waals surface area contributed by atoms with Gasteiger partial charge in [-0.05, 0) is 51.6 Å². The molecule has 2 aromatic heterocycles. The van der Waals surface area contributed by atoms with E-state index >= 15 is 0 Å². The Kier molecular flexibility index (Phi) is 9.98. The Hall–Kier alpha value is -2.03. The molecular weight excluding hydrogens is 504 g/mol. The first-order valence-corrected chi connectivity index (χ1v) is 13.9. The van der Waals surface area contributed by atoms with E-state index in [0.717, 1.165) is 61.7 Å². The lowest BCUT2D eigenvalue weighted by molar-refractivity contribution is -0.123. The van der Waals surface area contributed by atoms with Crippen molar-refractivity contribution in [3.05, 3.63) is 35.0 Å². The first kappa shape index (κ1) is 30.5. The topological polar surface area (TPSA) is 101 Å². The van der Waals surface area contributed by atoms with Gasteiger partial charge in [0.2, 0.25) is 0 Å². The van der Waals surface area contributed by atoms with E-state index in [9.17, 15) is 9.59 Å².